The Kier molecular flexibility index (Phi) is 7.25. The van der Waals surface area contributed by atoms with Crippen molar-refractivity contribution in [2.75, 3.05) is 38.9 Å². The summed E-state index contributed by atoms with van der Waals surface area (Å²) < 4.78 is 23.2. The summed E-state index contributed by atoms with van der Waals surface area (Å²) in [6, 6.07) is 8.47. The Balaban J connectivity index is 1.63. The third-order valence-corrected chi connectivity index (χ3v) is 6.71. The number of fused-ring (bicyclic) bond motifs is 1. The fraction of sp³-hybridized carbons (Fsp3) is 0.364. The lowest BCUT2D eigenvalue weighted by molar-refractivity contribution is -0.120. The van der Waals surface area contributed by atoms with Crippen LogP contribution in [-0.4, -0.2) is 51.0 Å². The van der Waals surface area contributed by atoms with Crippen LogP contribution >= 0.6 is 34.5 Å². The molecule has 0 aliphatic carbocycles. The van der Waals surface area contributed by atoms with Gasteiger partial charge in [0.05, 0.1) is 31.9 Å². The molecule has 0 radical (unpaired) electrons. The second-order valence-electron chi connectivity index (χ2n) is 7.15. The second-order valence-corrected chi connectivity index (χ2v) is 8.97. The van der Waals surface area contributed by atoms with Crippen LogP contribution in [0.3, 0.4) is 0 Å². The number of rotatable bonds is 8. The SMILES string of the molecule is COc1ccc(OC)c2sc(N(CC3CCCO3)C(=O)COc3ccc(Cl)cc3Cl)nc12. The number of hydrogen-bond donors (Lipinski definition) is 0. The van der Waals surface area contributed by atoms with Crippen molar-refractivity contribution in [3.8, 4) is 17.2 Å². The lowest BCUT2D eigenvalue weighted by Gasteiger charge is -2.23. The number of anilines is 1. The van der Waals surface area contributed by atoms with E-state index in [2.05, 4.69) is 0 Å². The number of aromatic nitrogens is 1. The van der Waals surface area contributed by atoms with Gasteiger partial charge in [-0.25, -0.2) is 4.98 Å². The van der Waals surface area contributed by atoms with Gasteiger partial charge in [0, 0.05) is 11.6 Å². The van der Waals surface area contributed by atoms with E-state index in [1.54, 1.807) is 43.4 Å². The van der Waals surface area contributed by atoms with Gasteiger partial charge in [0.2, 0.25) is 0 Å². The zero-order chi connectivity index (χ0) is 22.7. The second kappa shape index (κ2) is 10.1. The van der Waals surface area contributed by atoms with E-state index in [1.165, 1.54) is 11.3 Å². The van der Waals surface area contributed by atoms with E-state index in [4.69, 9.17) is 47.1 Å². The molecular formula is C22H22Cl2N2O5S. The molecule has 1 unspecified atom stereocenters. The first-order valence-corrected chi connectivity index (χ1v) is 11.6. The van der Waals surface area contributed by atoms with Crippen LogP contribution in [0.5, 0.6) is 17.2 Å². The van der Waals surface area contributed by atoms with E-state index in [9.17, 15) is 4.79 Å². The molecule has 1 aliphatic rings. The van der Waals surface area contributed by atoms with Crippen LogP contribution in [0.2, 0.25) is 10.0 Å². The molecule has 1 fully saturated rings. The van der Waals surface area contributed by atoms with Gasteiger partial charge in [0.15, 0.2) is 11.7 Å². The number of carbonyl (C=O) groups excluding carboxylic acids is 1. The molecule has 0 spiro atoms. The predicted molar refractivity (Wildman–Crippen MR) is 126 cm³/mol. The van der Waals surface area contributed by atoms with Crippen molar-refractivity contribution >= 4 is 55.8 Å². The summed E-state index contributed by atoms with van der Waals surface area (Å²) in [5.74, 6) is 1.40. The maximum Gasteiger partial charge on any atom is 0.266 e. The lowest BCUT2D eigenvalue weighted by atomic mass is 10.2. The van der Waals surface area contributed by atoms with Gasteiger partial charge >= 0.3 is 0 Å². The number of methoxy groups -OCH3 is 2. The van der Waals surface area contributed by atoms with Crippen molar-refractivity contribution in [2.24, 2.45) is 0 Å². The number of carbonyl (C=O) groups is 1. The molecule has 10 heteroatoms. The first-order valence-electron chi connectivity index (χ1n) is 10.0. The average molecular weight is 497 g/mol. The Morgan fingerprint density at radius 3 is 2.62 bits per heavy atom. The summed E-state index contributed by atoms with van der Waals surface area (Å²) in [5.41, 5.74) is 0.638. The summed E-state index contributed by atoms with van der Waals surface area (Å²) in [6.45, 7) is 0.852. The Morgan fingerprint density at radius 2 is 1.94 bits per heavy atom. The van der Waals surface area contributed by atoms with Gasteiger partial charge in [-0.3, -0.25) is 9.69 Å². The van der Waals surface area contributed by atoms with Crippen LogP contribution in [0.25, 0.3) is 10.2 Å². The van der Waals surface area contributed by atoms with Gasteiger partial charge in [-0.15, -0.1) is 0 Å². The molecule has 7 nitrogen and oxygen atoms in total. The maximum atomic E-state index is 13.2. The predicted octanol–water partition coefficient (Wildman–Crippen LogP) is 5.21. The van der Waals surface area contributed by atoms with Gasteiger partial charge in [-0.1, -0.05) is 34.5 Å². The number of nitrogens with zero attached hydrogens (tertiary/aromatic N) is 2. The van der Waals surface area contributed by atoms with E-state index >= 15 is 0 Å². The molecule has 1 atom stereocenters. The van der Waals surface area contributed by atoms with Crippen LogP contribution in [0.1, 0.15) is 12.8 Å². The highest BCUT2D eigenvalue weighted by atomic mass is 35.5. The first kappa shape index (κ1) is 22.9. The standard InChI is InChI=1S/C22H22Cl2N2O5S/c1-28-17-7-8-18(29-2)21-20(17)25-22(32-21)26(11-14-4-3-9-30-14)19(27)12-31-16-6-5-13(23)10-15(16)24/h5-8,10,14H,3-4,9,11-12H2,1-2H3. The van der Waals surface area contributed by atoms with Crippen molar-refractivity contribution in [2.45, 2.75) is 18.9 Å². The van der Waals surface area contributed by atoms with Crippen LogP contribution in [0.15, 0.2) is 30.3 Å². The summed E-state index contributed by atoms with van der Waals surface area (Å²) in [6.07, 6.45) is 1.78. The van der Waals surface area contributed by atoms with Gasteiger partial charge in [-0.2, -0.15) is 0 Å². The molecule has 0 bridgehead atoms. The number of ether oxygens (including phenoxy) is 4. The van der Waals surface area contributed by atoms with Gasteiger partial charge in [0.25, 0.3) is 5.91 Å². The van der Waals surface area contributed by atoms with Crippen LogP contribution in [0, 0.1) is 0 Å². The van der Waals surface area contributed by atoms with E-state index in [1.807, 2.05) is 6.07 Å². The van der Waals surface area contributed by atoms with Gasteiger partial charge in [-0.05, 0) is 43.2 Å². The summed E-state index contributed by atoms with van der Waals surface area (Å²) in [4.78, 5) is 19.6. The smallest absolute Gasteiger partial charge is 0.266 e. The number of benzene rings is 2. The number of halogens is 2. The van der Waals surface area contributed by atoms with Crippen molar-refractivity contribution < 1.29 is 23.7 Å². The first-order chi connectivity index (χ1) is 15.5. The van der Waals surface area contributed by atoms with Crippen molar-refractivity contribution in [3.05, 3.63) is 40.4 Å². The highest BCUT2D eigenvalue weighted by Crippen LogP contribution is 2.40. The zero-order valence-corrected chi connectivity index (χ0v) is 19.9. The molecule has 1 aromatic heterocycles. The normalized spacial score (nSPS) is 15.7. The van der Waals surface area contributed by atoms with E-state index in [0.29, 0.717) is 51.1 Å². The van der Waals surface area contributed by atoms with Crippen LogP contribution < -0.4 is 19.1 Å². The molecule has 0 saturated carbocycles. The molecule has 1 amide bonds. The van der Waals surface area contributed by atoms with Crippen LogP contribution in [0.4, 0.5) is 5.13 Å². The molecule has 1 aliphatic heterocycles. The lowest BCUT2D eigenvalue weighted by Crippen LogP contribution is -2.40. The minimum atomic E-state index is -0.261. The van der Waals surface area contributed by atoms with Crippen molar-refractivity contribution in [3.63, 3.8) is 0 Å². The van der Waals surface area contributed by atoms with E-state index in [-0.39, 0.29) is 18.6 Å². The molecule has 4 rings (SSSR count). The number of thiazole rings is 1. The Labute approximate surface area is 199 Å². The number of amides is 1. The molecule has 2 aromatic carbocycles. The third kappa shape index (κ3) is 4.88. The van der Waals surface area contributed by atoms with E-state index < -0.39 is 0 Å². The monoisotopic (exact) mass is 496 g/mol. The largest absolute Gasteiger partial charge is 0.495 e. The maximum absolute atomic E-state index is 13.2. The molecule has 32 heavy (non-hydrogen) atoms. The Morgan fingerprint density at radius 1 is 1.19 bits per heavy atom. The van der Waals surface area contributed by atoms with Gasteiger partial charge < -0.3 is 18.9 Å². The fourth-order valence-corrected chi connectivity index (χ4v) is 5.04. The van der Waals surface area contributed by atoms with Crippen LogP contribution in [-0.2, 0) is 9.53 Å². The topological polar surface area (TPSA) is 70.1 Å². The molecule has 2 heterocycles. The fourth-order valence-electron chi connectivity index (χ4n) is 3.48. The highest BCUT2D eigenvalue weighted by Gasteiger charge is 2.28. The molecule has 3 aromatic rings. The molecule has 170 valence electrons. The van der Waals surface area contributed by atoms with E-state index in [0.717, 1.165) is 17.5 Å². The number of hydrogen-bond acceptors (Lipinski definition) is 7. The Hall–Kier alpha value is -2.26. The molecule has 1 saturated heterocycles. The molecule has 0 N–H and O–H groups in total. The Bertz CT molecular complexity index is 1080. The quantitative estimate of drug-likeness (QED) is 0.426. The summed E-state index contributed by atoms with van der Waals surface area (Å²) in [5, 5.41) is 1.35. The van der Waals surface area contributed by atoms with Gasteiger partial charge in [0.1, 0.15) is 27.5 Å². The average Bonchev–Trinajstić information content (AvgIpc) is 3.46. The minimum Gasteiger partial charge on any atom is -0.495 e. The molecular weight excluding hydrogens is 475 g/mol. The summed E-state index contributed by atoms with van der Waals surface area (Å²) in [7, 11) is 3.18. The summed E-state index contributed by atoms with van der Waals surface area (Å²) >= 11 is 13.5. The minimum absolute atomic E-state index is 0.0612. The third-order valence-electron chi connectivity index (χ3n) is 5.09. The zero-order valence-electron chi connectivity index (χ0n) is 17.6. The van der Waals surface area contributed by atoms with Crippen molar-refractivity contribution in [1.82, 2.24) is 4.98 Å². The van der Waals surface area contributed by atoms with Crippen molar-refractivity contribution in [1.29, 1.82) is 0 Å². The highest BCUT2D eigenvalue weighted by molar-refractivity contribution is 7.22.